The Morgan fingerprint density at radius 3 is 2.79 bits per heavy atom. The first-order chi connectivity index (χ1) is 9.15. The van der Waals surface area contributed by atoms with E-state index in [2.05, 4.69) is 14.1 Å². The summed E-state index contributed by atoms with van der Waals surface area (Å²) in [5.41, 5.74) is 9.37. The number of nitrogens with one attached hydrogen (secondary N) is 1. The van der Waals surface area contributed by atoms with Gasteiger partial charge < -0.3 is 11.1 Å². The van der Waals surface area contributed by atoms with Crippen molar-refractivity contribution >= 4 is 63.0 Å². The lowest BCUT2D eigenvalue weighted by Gasteiger charge is -2.11. The fourth-order valence-corrected chi connectivity index (χ4v) is 2.63. The second-order valence-corrected chi connectivity index (χ2v) is 5.28. The van der Waals surface area contributed by atoms with E-state index in [1.165, 1.54) is 0 Å². The lowest BCUT2D eigenvalue weighted by atomic mass is 10.2. The Morgan fingerprint density at radius 2 is 1.95 bits per heavy atom. The molecule has 1 aromatic heterocycles. The van der Waals surface area contributed by atoms with Crippen LogP contribution in [0.25, 0.3) is 11.0 Å². The lowest BCUT2D eigenvalue weighted by molar-refractivity contribution is 1.54. The molecule has 3 rings (SSSR count). The molecule has 3 N–H and O–H groups in total. The molecule has 0 radical (unpaired) electrons. The van der Waals surface area contributed by atoms with Crippen molar-refractivity contribution in [2.24, 2.45) is 0 Å². The van der Waals surface area contributed by atoms with Crippen molar-refractivity contribution in [3.05, 3.63) is 40.4 Å². The van der Waals surface area contributed by atoms with Crippen LogP contribution in [0.5, 0.6) is 0 Å². The molecule has 0 spiro atoms. The smallest absolute Gasteiger partial charge is 0.129 e. The molecule has 7 heteroatoms. The van der Waals surface area contributed by atoms with E-state index in [0.717, 1.165) is 22.8 Å². The number of hydrogen-bond donors (Lipinski definition) is 2. The van der Waals surface area contributed by atoms with E-state index in [4.69, 9.17) is 28.9 Å². The fraction of sp³-hybridized carbons (Fsp3) is 0. The molecule has 0 saturated heterocycles. The van der Waals surface area contributed by atoms with Crippen molar-refractivity contribution in [2.45, 2.75) is 0 Å². The van der Waals surface area contributed by atoms with E-state index in [0.29, 0.717) is 27.1 Å². The van der Waals surface area contributed by atoms with E-state index in [1.807, 2.05) is 6.07 Å². The zero-order valence-electron chi connectivity index (χ0n) is 9.52. The molecule has 0 aliphatic carbocycles. The van der Waals surface area contributed by atoms with Crippen LogP contribution in [0.15, 0.2) is 30.3 Å². The maximum Gasteiger partial charge on any atom is 0.129 e. The van der Waals surface area contributed by atoms with E-state index in [1.54, 1.807) is 24.3 Å². The van der Waals surface area contributed by atoms with Crippen LogP contribution in [0.1, 0.15) is 0 Å². The van der Waals surface area contributed by atoms with Gasteiger partial charge >= 0.3 is 0 Å². The molecule has 0 aliphatic heterocycles. The monoisotopic (exact) mass is 310 g/mol. The Hall–Kier alpha value is -1.56. The van der Waals surface area contributed by atoms with Gasteiger partial charge in [0.15, 0.2) is 0 Å². The highest BCUT2D eigenvalue weighted by molar-refractivity contribution is 7.00. The minimum atomic E-state index is 0.555. The van der Waals surface area contributed by atoms with Gasteiger partial charge in [0, 0.05) is 5.02 Å². The summed E-state index contributed by atoms with van der Waals surface area (Å²) in [7, 11) is 0. The average Bonchev–Trinajstić information content (AvgIpc) is 2.85. The van der Waals surface area contributed by atoms with Gasteiger partial charge in [-0.3, -0.25) is 0 Å². The SMILES string of the molecule is Nc1ccc(Cl)cc1Nc1c(Cl)ccc2nsnc12. The molecule has 96 valence electrons. The number of nitrogen functional groups attached to an aromatic ring is 1. The molecular formula is C12H8Cl2N4S. The van der Waals surface area contributed by atoms with Gasteiger partial charge in [-0.05, 0) is 30.3 Å². The van der Waals surface area contributed by atoms with Crippen LogP contribution in [0.2, 0.25) is 10.0 Å². The lowest BCUT2D eigenvalue weighted by Crippen LogP contribution is -1.97. The van der Waals surface area contributed by atoms with Crippen LogP contribution in [0, 0.1) is 0 Å². The summed E-state index contributed by atoms with van der Waals surface area (Å²) in [6, 6.07) is 8.81. The minimum absolute atomic E-state index is 0.555. The minimum Gasteiger partial charge on any atom is -0.397 e. The van der Waals surface area contributed by atoms with E-state index in [-0.39, 0.29) is 0 Å². The molecule has 0 bridgehead atoms. The first-order valence-corrected chi connectivity index (χ1v) is 6.86. The summed E-state index contributed by atoms with van der Waals surface area (Å²) in [6.45, 7) is 0. The standard InChI is InChI=1S/C12H8Cl2N4S/c13-6-1-3-8(15)10(5-6)16-11-7(14)2-4-9-12(11)18-19-17-9/h1-5,16H,15H2. The Labute approximate surface area is 123 Å². The number of rotatable bonds is 2. The second kappa shape index (κ2) is 4.85. The van der Waals surface area contributed by atoms with Gasteiger partial charge in [-0.15, -0.1) is 0 Å². The largest absolute Gasteiger partial charge is 0.397 e. The molecule has 0 unspecified atom stereocenters. The average molecular weight is 311 g/mol. The fourth-order valence-electron chi connectivity index (χ4n) is 1.72. The maximum atomic E-state index is 6.20. The molecular weight excluding hydrogens is 303 g/mol. The van der Waals surface area contributed by atoms with E-state index >= 15 is 0 Å². The molecule has 0 amide bonds. The van der Waals surface area contributed by atoms with Crippen molar-refractivity contribution in [2.75, 3.05) is 11.1 Å². The number of benzene rings is 2. The molecule has 0 aliphatic rings. The third-order valence-corrected chi connectivity index (χ3v) is 3.74. The van der Waals surface area contributed by atoms with E-state index < -0.39 is 0 Å². The van der Waals surface area contributed by atoms with Crippen molar-refractivity contribution < 1.29 is 0 Å². The third kappa shape index (κ3) is 2.32. The van der Waals surface area contributed by atoms with Crippen LogP contribution in [0.4, 0.5) is 17.1 Å². The Balaban J connectivity index is 2.12. The number of aromatic nitrogens is 2. The first kappa shape index (κ1) is 12.5. The zero-order valence-corrected chi connectivity index (χ0v) is 11.9. The first-order valence-electron chi connectivity index (χ1n) is 5.38. The Bertz CT molecular complexity index is 757. The summed E-state index contributed by atoms with van der Waals surface area (Å²) in [5.74, 6) is 0. The highest BCUT2D eigenvalue weighted by Gasteiger charge is 2.11. The topological polar surface area (TPSA) is 63.8 Å². The van der Waals surface area contributed by atoms with Crippen molar-refractivity contribution in [3.63, 3.8) is 0 Å². The van der Waals surface area contributed by atoms with Crippen LogP contribution in [-0.2, 0) is 0 Å². The van der Waals surface area contributed by atoms with Gasteiger partial charge in [0.25, 0.3) is 0 Å². The van der Waals surface area contributed by atoms with Crippen molar-refractivity contribution in [1.82, 2.24) is 8.75 Å². The molecule has 1 heterocycles. The van der Waals surface area contributed by atoms with Gasteiger partial charge in [-0.25, -0.2) is 0 Å². The maximum absolute atomic E-state index is 6.20. The number of hydrogen-bond acceptors (Lipinski definition) is 5. The third-order valence-electron chi connectivity index (χ3n) is 2.65. The number of fused-ring (bicyclic) bond motifs is 1. The zero-order chi connectivity index (χ0) is 13.4. The quantitative estimate of drug-likeness (QED) is 0.692. The van der Waals surface area contributed by atoms with Crippen LogP contribution >= 0.6 is 34.9 Å². The predicted molar refractivity (Wildman–Crippen MR) is 81.6 cm³/mol. The number of nitrogens with two attached hydrogens (primary N) is 1. The number of halogens is 2. The summed E-state index contributed by atoms with van der Waals surface area (Å²) >= 11 is 13.3. The van der Waals surface area contributed by atoms with Crippen LogP contribution in [-0.4, -0.2) is 8.75 Å². The molecule has 3 aromatic rings. The number of anilines is 3. The van der Waals surface area contributed by atoms with Gasteiger partial charge in [0.1, 0.15) is 11.0 Å². The molecule has 0 saturated carbocycles. The summed E-state index contributed by atoms with van der Waals surface area (Å²) in [5, 5.41) is 4.32. The van der Waals surface area contributed by atoms with Crippen LogP contribution < -0.4 is 11.1 Å². The second-order valence-electron chi connectivity index (χ2n) is 3.91. The molecule has 2 aromatic carbocycles. The molecule has 0 atom stereocenters. The van der Waals surface area contributed by atoms with E-state index in [9.17, 15) is 0 Å². The van der Waals surface area contributed by atoms with Gasteiger partial charge in [-0.2, -0.15) is 8.75 Å². The molecule has 4 nitrogen and oxygen atoms in total. The van der Waals surface area contributed by atoms with Gasteiger partial charge in [0.2, 0.25) is 0 Å². The predicted octanol–water partition coefficient (Wildman–Crippen LogP) is 4.32. The Kier molecular flexibility index (Phi) is 3.18. The van der Waals surface area contributed by atoms with Crippen molar-refractivity contribution in [1.29, 1.82) is 0 Å². The van der Waals surface area contributed by atoms with Gasteiger partial charge in [0.05, 0.1) is 33.8 Å². The molecule has 19 heavy (non-hydrogen) atoms. The summed E-state index contributed by atoms with van der Waals surface area (Å²) in [4.78, 5) is 0. The molecule has 0 fully saturated rings. The summed E-state index contributed by atoms with van der Waals surface area (Å²) < 4.78 is 8.41. The Morgan fingerprint density at radius 1 is 1.11 bits per heavy atom. The van der Waals surface area contributed by atoms with Crippen molar-refractivity contribution in [3.8, 4) is 0 Å². The highest BCUT2D eigenvalue weighted by Crippen LogP contribution is 2.34. The highest BCUT2D eigenvalue weighted by atomic mass is 35.5. The summed E-state index contributed by atoms with van der Waals surface area (Å²) in [6.07, 6.45) is 0. The van der Waals surface area contributed by atoms with Gasteiger partial charge in [-0.1, -0.05) is 23.2 Å². The normalized spacial score (nSPS) is 10.8. The van der Waals surface area contributed by atoms with Crippen LogP contribution in [0.3, 0.4) is 0 Å². The number of nitrogens with zero attached hydrogens (tertiary/aromatic N) is 2.